The van der Waals surface area contributed by atoms with Gasteiger partial charge < -0.3 is 14.4 Å². The summed E-state index contributed by atoms with van der Waals surface area (Å²) in [6.07, 6.45) is 7.62. The molecule has 1 aliphatic rings. The average molecular weight is 427 g/mol. The molecule has 9 nitrogen and oxygen atoms in total. The van der Waals surface area contributed by atoms with Crippen LogP contribution in [0.15, 0.2) is 30.9 Å². The fraction of sp³-hybridized carbons (Fsp3) is 0.545. The number of carbonyl (C=O) groups is 1. The summed E-state index contributed by atoms with van der Waals surface area (Å²) in [5.74, 6) is 0.614. The van der Waals surface area contributed by atoms with Gasteiger partial charge in [0.05, 0.1) is 24.3 Å². The molecule has 1 fully saturated rings. The summed E-state index contributed by atoms with van der Waals surface area (Å²) in [6.45, 7) is 9.76. The molecular formula is C22H30N6O3. The molecule has 0 spiro atoms. The second kappa shape index (κ2) is 7.25. The van der Waals surface area contributed by atoms with Crippen LogP contribution in [-0.4, -0.2) is 59.7 Å². The smallest absolute Gasteiger partial charge is 0.410 e. The minimum Gasteiger partial charge on any atom is -0.469 e. The summed E-state index contributed by atoms with van der Waals surface area (Å²) in [5.41, 5.74) is 1.43. The highest BCUT2D eigenvalue weighted by Gasteiger charge is 2.53. The lowest BCUT2D eigenvalue weighted by Gasteiger charge is -2.53. The summed E-state index contributed by atoms with van der Waals surface area (Å²) in [6, 6.07) is 1.91. The Labute approximate surface area is 182 Å². The van der Waals surface area contributed by atoms with E-state index in [0.717, 1.165) is 16.8 Å². The van der Waals surface area contributed by atoms with Gasteiger partial charge in [0, 0.05) is 44.2 Å². The fourth-order valence-electron chi connectivity index (χ4n) is 3.99. The van der Waals surface area contributed by atoms with E-state index in [1.54, 1.807) is 33.5 Å². The molecule has 0 bridgehead atoms. The van der Waals surface area contributed by atoms with Crippen LogP contribution in [0.1, 0.15) is 41.0 Å². The van der Waals surface area contributed by atoms with Crippen molar-refractivity contribution in [3.8, 4) is 17.1 Å². The van der Waals surface area contributed by atoms with E-state index in [2.05, 4.69) is 24.0 Å². The molecule has 3 atom stereocenters. The predicted molar refractivity (Wildman–Crippen MR) is 116 cm³/mol. The van der Waals surface area contributed by atoms with Crippen LogP contribution in [0.3, 0.4) is 0 Å². The molecule has 0 N–H and O–H groups in total. The van der Waals surface area contributed by atoms with E-state index >= 15 is 0 Å². The molecule has 0 aromatic carbocycles. The van der Waals surface area contributed by atoms with E-state index in [-0.39, 0.29) is 18.1 Å². The van der Waals surface area contributed by atoms with Crippen molar-refractivity contribution in [3.63, 3.8) is 0 Å². The lowest BCUT2D eigenvalue weighted by molar-refractivity contribution is -0.108. The summed E-state index contributed by atoms with van der Waals surface area (Å²) < 4.78 is 15.5. The number of nitrogens with zero attached hydrogens (tertiary/aromatic N) is 6. The van der Waals surface area contributed by atoms with Gasteiger partial charge in [-0.2, -0.15) is 10.2 Å². The normalized spacial score (nSPS) is 23.5. The van der Waals surface area contributed by atoms with Gasteiger partial charge in [-0.05, 0) is 33.8 Å². The quantitative estimate of drug-likeness (QED) is 0.634. The first-order valence-electron chi connectivity index (χ1n) is 10.4. The average Bonchev–Trinajstić information content (AvgIpc) is 3.32. The number of carbonyl (C=O) groups excluding carboxylic acids is 1. The van der Waals surface area contributed by atoms with Crippen LogP contribution in [0, 0.1) is 5.92 Å². The molecular weight excluding hydrogens is 396 g/mol. The SMILES string of the molecule is C[C@@H]1[C@@H](N(C)C(=O)OC(C)(C)C)C[C@]1(C)Oc1nc(-c2cnn(C)c2)cn2nccc12. The Morgan fingerprint density at radius 3 is 2.65 bits per heavy atom. The maximum Gasteiger partial charge on any atom is 0.410 e. The topological polar surface area (TPSA) is 86.8 Å². The van der Waals surface area contributed by atoms with Gasteiger partial charge in [-0.1, -0.05) is 6.92 Å². The fourth-order valence-corrected chi connectivity index (χ4v) is 3.99. The first-order valence-corrected chi connectivity index (χ1v) is 10.4. The number of fused-ring (bicyclic) bond motifs is 1. The van der Waals surface area contributed by atoms with Crippen molar-refractivity contribution < 1.29 is 14.3 Å². The number of amides is 1. The third kappa shape index (κ3) is 3.96. The van der Waals surface area contributed by atoms with E-state index in [1.807, 2.05) is 46.3 Å². The second-order valence-electron chi connectivity index (χ2n) is 9.56. The molecule has 0 aliphatic heterocycles. The molecule has 4 rings (SSSR count). The van der Waals surface area contributed by atoms with Crippen LogP contribution in [0.2, 0.25) is 0 Å². The van der Waals surface area contributed by atoms with E-state index in [1.165, 1.54) is 0 Å². The predicted octanol–water partition coefficient (Wildman–Crippen LogP) is 3.54. The number of rotatable bonds is 4. The number of ether oxygens (including phenoxy) is 2. The third-order valence-corrected chi connectivity index (χ3v) is 6.02. The first-order chi connectivity index (χ1) is 14.5. The van der Waals surface area contributed by atoms with Crippen molar-refractivity contribution in [1.29, 1.82) is 0 Å². The molecule has 1 amide bonds. The number of hydrogen-bond donors (Lipinski definition) is 0. The molecule has 3 heterocycles. The van der Waals surface area contributed by atoms with E-state index < -0.39 is 11.2 Å². The Balaban J connectivity index is 1.56. The van der Waals surface area contributed by atoms with E-state index in [4.69, 9.17) is 14.5 Å². The minimum absolute atomic E-state index is 0.0299. The summed E-state index contributed by atoms with van der Waals surface area (Å²) >= 11 is 0. The van der Waals surface area contributed by atoms with Gasteiger partial charge in [-0.3, -0.25) is 4.68 Å². The van der Waals surface area contributed by atoms with Gasteiger partial charge in [0.1, 0.15) is 16.7 Å². The van der Waals surface area contributed by atoms with Crippen molar-refractivity contribution >= 4 is 11.6 Å². The Hall–Kier alpha value is -3.10. The molecule has 0 saturated heterocycles. The lowest BCUT2D eigenvalue weighted by atomic mass is 9.66. The van der Waals surface area contributed by atoms with Gasteiger partial charge in [0.25, 0.3) is 0 Å². The molecule has 1 saturated carbocycles. The summed E-state index contributed by atoms with van der Waals surface area (Å²) in [4.78, 5) is 18.9. The van der Waals surface area contributed by atoms with Gasteiger partial charge in [0.15, 0.2) is 0 Å². The van der Waals surface area contributed by atoms with E-state index in [0.29, 0.717) is 12.3 Å². The summed E-state index contributed by atoms with van der Waals surface area (Å²) in [7, 11) is 3.65. The zero-order valence-electron chi connectivity index (χ0n) is 19.2. The zero-order chi connectivity index (χ0) is 22.6. The van der Waals surface area contributed by atoms with Crippen molar-refractivity contribution in [1.82, 2.24) is 29.3 Å². The van der Waals surface area contributed by atoms with Gasteiger partial charge in [-0.25, -0.2) is 14.3 Å². The summed E-state index contributed by atoms with van der Waals surface area (Å²) in [5, 5.41) is 8.60. The minimum atomic E-state index is -0.525. The van der Waals surface area contributed by atoms with Gasteiger partial charge >= 0.3 is 6.09 Å². The molecule has 9 heteroatoms. The highest BCUT2D eigenvalue weighted by atomic mass is 16.6. The number of aromatic nitrogens is 5. The standard InChI is InChI=1S/C22H30N6O3/c1-14-18(27(7)20(29)31-21(2,3)4)10-22(14,5)30-19-17-8-9-23-28(17)13-16(25-19)15-11-24-26(6)12-15/h8-9,11-14,18H,10H2,1-7H3/t14-,18+,22+/m1/s1. The van der Waals surface area contributed by atoms with Crippen LogP contribution in [0.4, 0.5) is 4.79 Å². The molecule has 166 valence electrons. The van der Waals surface area contributed by atoms with Crippen molar-refractivity contribution in [2.75, 3.05) is 7.05 Å². The Kier molecular flexibility index (Phi) is 4.94. The van der Waals surface area contributed by atoms with Crippen LogP contribution >= 0.6 is 0 Å². The highest BCUT2D eigenvalue weighted by Crippen LogP contribution is 2.45. The largest absolute Gasteiger partial charge is 0.469 e. The zero-order valence-corrected chi connectivity index (χ0v) is 19.2. The molecule has 1 aliphatic carbocycles. The Morgan fingerprint density at radius 1 is 1.29 bits per heavy atom. The molecule has 3 aromatic rings. The van der Waals surface area contributed by atoms with Crippen LogP contribution in [0.5, 0.6) is 5.88 Å². The highest BCUT2D eigenvalue weighted by molar-refractivity contribution is 5.68. The van der Waals surface area contributed by atoms with Gasteiger partial charge in [-0.15, -0.1) is 0 Å². The van der Waals surface area contributed by atoms with Crippen LogP contribution in [-0.2, 0) is 11.8 Å². The maximum atomic E-state index is 12.5. The molecule has 31 heavy (non-hydrogen) atoms. The van der Waals surface area contributed by atoms with Crippen molar-refractivity contribution in [3.05, 3.63) is 30.9 Å². The monoisotopic (exact) mass is 426 g/mol. The second-order valence-corrected chi connectivity index (χ2v) is 9.56. The van der Waals surface area contributed by atoms with Crippen molar-refractivity contribution in [2.45, 2.75) is 58.3 Å². The molecule has 3 aromatic heterocycles. The van der Waals surface area contributed by atoms with Crippen molar-refractivity contribution in [2.24, 2.45) is 13.0 Å². The van der Waals surface area contributed by atoms with Crippen LogP contribution in [0.25, 0.3) is 16.8 Å². The molecule has 0 radical (unpaired) electrons. The maximum absolute atomic E-state index is 12.5. The van der Waals surface area contributed by atoms with E-state index in [9.17, 15) is 4.79 Å². The Bertz CT molecular complexity index is 1110. The van der Waals surface area contributed by atoms with Crippen LogP contribution < -0.4 is 4.74 Å². The van der Waals surface area contributed by atoms with Gasteiger partial charge in [0.2, 0.25) is 5.88 Å². The Morgan fingerprint density at radius 2 is 2.03 bits per heavy atom. The molecule has 0 unspecified atom stereocenters. The first kappa shape index (κ1) is 21.1. The third-order valence-electron chi connectivity index (χ3n) is 6.02. The number of hydrogen-bond acceptors (Lipinski definition) is 6. The lowest BCUT2D eigenvalue weighted by Crippen LogP contribution is -2.64. The number of aryl methyl sites for hydroxylation is 1.